The van der Waals surface area contributed by atoms with Gasteiger partial charge in [-0.1, -0.05) is 30.3 Å². The molecule has 1 aromatic carbocycles. The van der Waals surface area contributed by atoms with Gasteiger partial charge in [-0.2, -0.15) is 0 Å². The van der Waals surface area contributed by atoms with E-state index in [0.717, 1.165) is 18.3 Å². The van der Waals surface area contributed by atoms with Crippen LogP contribution in [0.25, 0.3) is 0 Å². The number of nitrogens with one attached hydrogen (secondary N) is 1. The van der Waals surface area contributed by atoms with Gasteiger partial charge in [0.2, 0.25) is 0 Å². The van der Waals surface area contributed by atoms with Gasteiger partial charge in [-0.05, 0) is 23.5 Å². The molecule has 1 aliphatic rings. The van der Waals surface area contributed by atoms with Crippen LogP contribution < -0.4 is 5.43 Å². The van der Waals surface area contributed by atoms with Crippen molar-refractivity contribution in [2.45, 2.75) is 13.0 Å². The van der Waals surface area contributed by atoms with E-state index in [1.54, 1.807) is 0 Å². The highest BCUT2D eigenvalue weighted by Crippen LogP contribution is 2.15. The average molecular weight is 254 g/mol. The van der Waals surface area contributed by atoms with Crippen molar-refractivity contribution in [1.82, 2.24) is 10.4 Å². The van der Waals surface area contributed by atoms with Crippen molar-refractivity contribution < 1.29 is 0 Å². The van der Waals surface area contributed by atoms with Crippen LogP contribution >= 0.6 is 23.5 Å². The van der Waals surface area contributed by atoms with E-state index in [4.69, 9.17) is 0 Å². The minimum Gasteiger partial charge on any atom is -0.249 e. The van der Waals surface area contributed by atoms with E-state index in [2.05, 4.69) is 40.8 Å². The van der Waals surface area contributed by atoms with Crippen LogP contribution in [0.3, 0.4) is 0 Å². The smallest absolute Gasteiger partial charge is 0.0596 e. The van der Waals surface area contributed by atoms with Crippen LogP contribution in [0, 0.1) is 0 Å². The second kappa shape index (κ2) is 7.22. The SMILES string of the molecule is c1ccc(CNN2CSCCCSC2)cc1. The molecule has 0 unspecified atom stereocenters. The zero-order valence-electron chi connectivity index (χ0n) is 9.39. The summed E-state index contributed by atoms with van der Waals surface area (Å²) in [6.07, 6.45) is 1.35. The Morgan fingerprint density at radius 3 is 2.44 bits per heavy atom. The lowest BCUT2D eigenvalue weighted by Gasteiger charge is -2.24. The lowest BCUT2D eigenvalue weighted by molar-refractivity contribution is 0.261. The fraction of sp³-hybridized carbons (Fsp3) is 0.500. The molecule has 2 rings (SSSR count). The first-order chi connectivity index (χ1) is 7.95. The van der Waals surface area contributed by atoms with E-state index >= 15 is 0 Å². The molecule has 1 aliphatic heterocycles. The van der Waals surface area contributed by atoms with Crippen molar-refractivity contribution >= 4 is 23.5 Å². The summed E-state index contributed by atoms with van der Waals surface area (Å²) in [6, 6.07) is 10.6. The highest BCUT2D eigenvalue weighted by molar-refractivity contribution is 8.00. The van der Waals surface area contributed by atoms with Gasteiger partial charge in [-0.3, -0.25) is 0 Å². The molecule has 1 aromatic rings. The van der Waals surface area contributed by atoms with Gasteiger partial charge in [0.25, 0.3) is 0 Å². The second-order valence-corrected chi connectivity index (χ2v) is 5.94. The van der Waals surface area contributed by atoms with Crippen molar-refractivity contribution in [1.29, 1.82) is 0 Å². The van der Waals surface area contributed by atoms with E-state index in [9.17, 15) is 0 Å². The fourth-order valence-electron chi connectivity index (χ4n) is 1.54. The molecule has 16 heavy (non-hydrogen) atoms. The van der Waals surface area contributed by atoms with Gasteiger partial charge < -0.3 is 0 Å². The monoisotopic (exact) mass is 254 g/mol. The standard InChI is InChI=1S/C12H18N2S2/c1-2-5-12(6-3-1)9-13-14-10-15-7-4-8-16-11-14/h1-3,5-6,13H,4,7-11H2. The van der Waals surface area contributed by atoms with Gasteiger partial charge in [0.1, 0.15) is 0 Å². The predicted molar refractivity (Wildman–Crippen MR) is 74.4 cm³/mol. The second-order valence-electron chi connectivity index (χ2n) is 3.79. The number of benzene rings is 1. The van der Waals surface area contributed by atoms with Gasteiger partial charge in [0.05, 0.1) is 11.8 Å². The summed E-state index contributed by atoms with van der Waals surface area (Å²) in [7, 11) is 0. The molecule has 1 heterocycles. The molecule has 88 valence electrons. The Balaban J connectivity index is 1.75. The summed E-state index contributed by atoms with van der Waals surface area (Å²) in [4.78, 5) is 0. The summed E-state index contributed by atoms with van der Waals surface area (Å²) >= 11 is 4.04. The maximum atomic E-state index is 3.50. The topological polar surface area (TPSA) is 15.3 Å². The van der Waals surface area contributed by atoms with Gasteiger partial charge in [0.15, 0.2) is 0 Å². The van der Waals surface area contributed by atoms with E-state index in [1.165, 1.54) is 23.5 Å². The summed E-state index contributed by atoms with van der Waals surface area (Å²) in [5, 5.41) is 2.32. The molecule has 1 saturated heterocycles. The van der Waals surface area contributed by atoms with E-state index in [-0.39, 0.29) is 0 Å². The maximum absolute atomic E-state index is 3.50. The Bertz CT molecular complexity index is 284. The fourth-order valence-corrected chi connectivity index (χ4v) is 3.60. The number of nitrogens with zero attached hydrogens (tertiary/aromatic N) is 1. The van der Waals surface area contributed by atoms with Crippen LogP contribution in [0.2, 0.25) is 0 Å². The Kier molecular flexibility index (Phi) is 5.55. The molecule has 0 aliphatic carbocycles. The van der Waals surface area contributed by atoms with Crippen molar-refractivity contribution in [3.05, 3.63) is 35.9 Å². The third-order valence-corrected chi connectivity index (χ3v) is 4.56. The molecule has 0 bridgehead atoms. The Hall–Kier alpha value is -0.160. The first-order valence-electron chi connectivity index (χ1n) is 5.63. The minimum absolute atomic E-state index is 0.932. The van der Waals surface area contributed by atoms with Crippen LogP contribution in [-0.2, 0) is 6.54 Å². The zero-order chi connectivity index (χ0) is 11.1. The molecule has 1 N–H and O–H groups in total. The van der Waals surface area contributed by atoms with Crippen LogP contribution in [0.5, 0.6) is 0 Å². The van der Waals surface area contributed by atoms with Gasteiger partial charge >= 0.3 is 0 Å². The number of hydrogen-bond acceptors (Lipinski definition) is 4. The number of hydrazine groups is 1. The highest BCUT2D eigenvalue weighted by Gasteiger charge is 2.07. The van der Waals surface area contributed by atoms with Crippen LogP contribution in [0.15, 0.2) is 30.3 Å². The van der Waals surface area contributed by atoms with Crippen molar-refractivity contribution in [3.8, 4) is 0 Å². The van der Waals surface area contributed by atoms with Gasteiger partial charge in [-0.25, -0.2) is 10.4 Å². The third kappa shape index (κ3) is 4.37. The molecule has 0 spiro atoms. The number of rotatable bonds is 3. The third-order valence-electron chi connectivity index (χ3n) is 2.42. The molecule has 0 radical (unpaired) electrons. The lowest BCUT2D eigenvalue weighted by Crippen LogP contribution is -2.37. The number of hydrogen-bond donors (Lipinski definition) is 1. The zero-order valence-corrected chi connectivity index (χ0v) is 11.0. The molecule has 4 heteroatoms. The highest BCUT2D eigenvalue weighted by atomic mass is 32.2. The summed E-state index contributed by atoms with van der Waals surface area (Å²) in [5.74, 6) is 4.77. The quantitative estimate of drug-likeness (QED) is 0.892. The van der Waals surface area contributed by atoms with E-state index in [0.29, 0.717) is 0 Å². The largest absolute Gasteiger partial charge is 0.249 e. The summed E-state index contributed by atoms with van der Waals surface area (Å²) in [5.41, 5.74) is 4.84. The Morgan fingerprint density at radius 2 is 1.75 bits per heavy atom. The lowest BCUT2D eigenvalue weighted by atomic mass is 10.2. The number of thioether (sulfide) groups is 2. The molecule has 2 nitrogen and oxygen atoms in total. The van der Waals surface area contributed by atoms with Crippen LogP contribution in [0.1, 0.15) is 12.0 Å². The van der Waals surface area contributed by atoms with E-state index < -0.39 is 0 Å². The van der Waals surface area contributed by atoms with Crippen LogP contribution in [0.4, 0.5) is 0 Å². The normalized spacial score (nSPS) is 19.0. The van der Waals surface area contributed by atoms with Crippen molar-refractivity contribution in [3.63, 3.8) is 0 Å². The summed E-state index contributed by atoms with van der Waals surface area (Å²) in [6.45, 7) is 0.932. The maximum Gasteiger partial charge on any atom is 0.0596 e. The van der Waals surface area contributed by atoms with Crippen LogP contribution in [-0.4, -0.2) is 28.3 Å². The Labute approximate surface area is 106 Å². The predicted octanol–water partition coefficient (Wildman–Crippen LogP) is 2.78. The minimum atomic E-state index is 0.932. The molecule has 0 atom stereocenters. The average Bonchev–Trinajstić information content (AvgIpc) is 2.29. The molecular formula is C12H18N2S2. The van der Waals surface area contributed by atoms with Crippen molar-refractivity contribution in [2.75, 3.05) is 23.3 Å². The Morgan fingerprint density at radius 1 is 1.06 bits per heavy atom. The summed E-state index contributed by atoms with van der Waals surface area (Å²) < 4.78 is 0. The first-order valence-corrected chi connectivity index (χ1v) is 7.94. The molecule has 0 amide bonds. The van der Waals surface area contributed by atoms with Gasteiger partial charge in [0, 0.05) is 6.54 Å². The van der Waals surface area contributed by atoms with Gasteiger partial charge in [-0.15, -0.1) is 23.5 Å². The molecular weight excluding hydrogens is 236 g/mol. The van der Waals surface area contributed by atoms with E-state index in [1.807, 2.05) is 23.5 Å². The molecule has 0 saturated carbocycles. The van der Waals surface area contributed by atoms with Crippen molar-refractivity contribution in [2.24, 2.45) is 0 Å². The molecule has 1 fully saturated rings. The molecule has 0 aromatic heterocycles. The first kappa shape index (κ1) is 12.3.